The largest absolute Gasteiger partial charge is 0.493 e. The Kier molecular flexibility index (Phi) is 8.33. The highest BCUT2D eigenvalue weighted by Gasteiger charge is 2.14. The quantitative estimate of drug-likeness (QED) is 0.306. The van der Waals surface area contributed by atoms with Gasteiger partial charge in [0, 0.05) is 21.5 Å². The number of para-hydroxylation sites is 1. The Hall–Kier alpha value is -2.79. The molecule has 3 aromatic rings. The molecule has 0 radical (unpaired) electrons. The monoisotopic (exact) mass is 466 g/mol. The number of halogens is 1. The fourth-order valence-electron chi connectivity index (χ4n) is 3.04. The maximum absolute atomic E-state index is 12.9. The number of benzene rings is 3. The number of hydrogen-bond acceptors (Lipinski definition) is 3. The van der Waals surface area contributed by atoms with Gasteiger partial charge in [0.05, 0.1) is 12.2 Å². The topological polar surface area (TPSA) is 50.4 Å². The van der Waals surface area contributed by atoms with Crippen LogP contribution in [0.1, 0.15) is 43.0 Å². The molecule has 3 rings (SSSR count). The maximum atomic E-state index is 12.9. The predicted molar refractivity (Wildman–Crippen MR) is 128 cm³/mol. The molecule has 3 aromatic carbocycles. The van der Waals surface area contributed by atoms with Crippen molar-refractivity contribution in [2.24, 2.45) is 0 Å². The van der Waals surface area contributed by atoms with Crippen LogP contribution in [0.15, 0.2) is 77.3 Å². The van der Waals surface area contributed by atoms with Crippen molar-refractivity contribution in [3.63, 3.8) is 0 Å². The number of carbonyl (C=O) groups is 1. The second kappa shape index (κ2) is 11.4. The fourth-order valence-corrected chi connectivity index (χ4v) is 3.40. The van der Waals surface area contributed by atoms with Crippen LogP contribution in [0.25, 0.3) is 0 Å². The van der Waals surface area contributed by atoms with E-state index in [4.69, 9.17) is 4.74 Å². The summed E-state index contributed by atoms with van der Waals surface area (Å²) in [6.07, 6.45) is 4.51. The van der Waals surface area contributed by atoms with Gasteiger partial charge < -0.3 is 15.4 Å². The van der Waals surface area contributed by atoms with Gasteiger partial charge in [-0.15, -0.1) is 0 Å². The highest BCUT2D eigenvalue weighted by atomic mass is 79.9. The first kappa shape index (κ1) is 21.9. The van der Waals surface area contributed by atoms with E-state index in [1.807, 2.05) is 66.7 Å². The fraction of sp³-hybridized carbons (Fsp3) is 0.240. The van der Waals surface area contributed by atoms with Crippen molar-refractivity contribution in [2.75, 3.05) is 17.2 Å². The smallest absolute Gasteiger partial charge is 0.259 e. The van der Waals surface area contributed by atoms with Gasteiger partial charge in [-0.25, -0.2) is 0 Å². The maximum Gasteiger partial charge on any atom is 0.259 e. The van der Waals surface area contributed by atoms with Crippen molar-refractivity contribution in [1.82, 2.24) is 0 Å². The van der Waals surface area contributed by atoms with Crippen molar-refractivity contribution >= 4 is 38.9 Å². The van der Waals surface area contributed by atoms with Crippen LogP contribution in [0.3, 0.4) is 0 Å². The Morgan fingerprint density at radius 2 is 1.57 bits per heavy atom. The molecular weight excluding hydrogens is 440 g/mol. The Labute approximate surface area is 186 Å². The summed E-state index contributed by atoms with van der Waals surface area (Å²) in [4.78, 5) is 12.9. The first-order valence-corrected chi connectivity index (χ1v) is 11.1. The van der Waals surface area contributed by atoms with Crippen molar-refractivity contribution in [2.45, 2.75) is 32.6 Å². The number of unbranched alkanes of at least 4 members (excludes halogenated alkanes) is 3. The molecular formula is C25H27BrN2O2. The van der Waals surface area contributed by atoms with E-state index in [9.17, 15) is 4.79 Å². The zero-order chi connectivity index (χ0) is 21.2. The van der Waals surface area contributed by atoms with E-state index in [-0.39, 0.29) is 5.91 Å². The van der Waals surface area contributed by atoms with Gasteiger partial charge in [-0.2, -0.15) is 0 Å². The van der Waals surface area contributed by atoms with E-state index in [2.05, 4.69) is 33.5 Å². The molecule has 5 heteroatoms. The van der Waals surface area contributed by atoms with Crippen LogP contribution in [0.5, 0.6) is 5.75 Å². The molecule has 0 saturated heterocycles. The molecule has 0 bridgehead atoms. The third-order valence-electron chi connectivity index (χ3n) is 4.65. The Morgan fingerprint density at radius 3 is 2.30 bits per heavy atom. The van der Waals surface area contributed by atoms with Crippen LogP contribution in [-0.4, -0.2) is 12.5 Å². The Balaban J connectivity index is 1.62. The zero-order valence-electron chi connectivity index (χ0n) is 17.2. The lowest BCUT2D eigenvalue weighted by Crippen LogP contribution is -2.14. The van der Waals surface area contributed by atoms with Crippen LogP contribution < -0.4 is 15.4 Å². The van der Waals surface area contributed by atoms with Crippen molar-refractivity contribution < 1.29 is 9.53 Å². The normalized spacial score (nSPS) is 10.5. The van der Waals surface area contributed by atoms with E-state index < -0.39 is 0 Å². The number of ether oxygens (including phenoxy) is 1. The van der Waals surface area contributed by atoms with Crippen LogP contribution in [0.2, 0.25) is 0 Å². The molecule has 0 aliphatic heterocycles. The molecule has 0 aromatic heterocycles. The molecule has 0 atom stereocenters. The summed E-state index contributed by atoms with van der Waals surface area (Å²) < 4.78 is 6.73. The number of anilines is 3. The molecule has 0 saturated carbocycles. The number of amides is 1. The van der Waals surface area contributed by atoms with Crippen molar-refractivity contribution in [3.8, 4) is 5.75 Å². The molecule has 0 unspecified atom stereocenters. The number of nitrogens with one attached hydrogen (secondary N) is 2. The van der Waals surface area contributed by atoms with Gasteiger partial charge in [0.1, 0.15) is 5.75 Å². The Bertz CT molecular complexity index is 943. The lowest BCUT2D eigenvalue weighted by Gasteiger charge is -2.13. The summed E-state index contributed by atoms with van der Waals surface area (Å²) in [6.45, 7) is 2.80. The lowest BCUT2D eigenvalue weighted by molar-refractivity contribution is 0.102. The summed E-state index contributed by atoms with van der Waals surface area (Å²) >= 11 is 3.45. The minimum absolute atomic E-state index is 0.191. The minimum Gasteiger partial charge on any atom is -0.493 e. The molecule has 1 amide bonds. The lowest BCUT2D eigenvalue weighted by atomic mass is 10.1. The van der Waals surface area contributed by atoms with E-state index in [0.29, 0.717) is 17.9 Å². The van der Waals surface area contributed by atoms with Gasteiger partial charge in [0.15, 0.2) is 0 Å². The highest BCUT2D eigenvalue weighted by molar-refractivity contribution is 9.10. The highest BCUT2D eigenvalue weighted by Crippen LogP contribution is 2.25. The third kappa shape index (κ3) is 6.63. The van der Waals surface area contributed by atoms with E-state index in [1.165, 1.54) is 12.8 Å². The molecule has 0 heterocycles. The molecule has 4 nitrogen and oxygen atoms in total. The summed E-state index contributed by atoms with van der Waals surface area (Å²) in [5.41, 5.74) is 3.22. The van der Waals surface area contributed by atoms with Crippen LogP contribution in [0.4, 0.5) is 17.1 Å². The zero-order valence-corrected chi connectivity index (χ0v) is 18.7. The molecule has 0 aliphatic carbocycles. The van der Waals surface area contributed by atoms with Gasteiger partial charge >= 0.3 is 0 Å². The van der Waals surface area contributed by atoms with E-state index in [1.54, 1.807) is 6.07 Å². The standard InChI is InChI=1S/C25H27BrN2O2/c1-2-3-4-8-17-30-24-16-11-19(26)18-23(24)25(29)28-22-14-12-21(13-15-22)27-20-9-6-5-7-10-20/h5-7,9-16,18,27H,2-4,8,17H2,1H3,(H,28,29). The van der Waals surface area contributed by atoms with E-state index in [0.717, 1.165) is 34.4 Å². The van der Waals surface area contributed by atoms with Crippen LogP contribution in [0, 0.1) is 0 Å². The first-order valence-electron chi connectivity index (χ1n) is 10.3. The average Bonchev–Trinajstić information content (AvgIpc) is 2.76. The summed E-state index contributed by atoms with van der Waals surface area (Å²) in [6, 6.07) is 23.1. The van der Waals surface area contributed by atoms with Gasteiger partial charge in [-0.05, 0) is 61.0 Å². The number of rotatable bonds is 10. The van der Waals surface area contributed by atoms with Gasteiger partial charge in [-0.1, -0.05) is 60.3 Å². The SMILES string of the molecule is CCCCCCOc1ccc(Br)cc1C(=O)Nc1ccc(Nc2ccccc2)cc1. The second-order valence-corrected chi connectivity index (χ2v) is 7.99. The van der Waals surface area contributed by atoms with Gasteiger partial charge in [0.25, 0.3) is 5.91 Å². The number of hydrogen-bond donors (Lipinski definition) is 2. The predicted octanol–water partition coefficient (Wildman–Crippen LogP) is 7.40. The van der Waals surface area contributed by atoms with E-state index >= 15 is 0 Å². The average molecular weight is 467 g/mol. The third-order valence-corrected chi connectivity index (χ3v) is 5.14. The van der Waals surface area contributed by atoms with Crippen molar-refractivity contribution in [3.05, 3.63) is 82.8 Å². The molecule has 30 heavy (non-hydrogen) atoms. The summed E-state index contributed by atoms with van der Waals surface area (Å²) in [5.74, 6) is 0.415. The minimum atomic E-state index is -0.191. The summed E-state index contributed by atoms with van der Waals surface area (Å²) in [5, 5.41) is 6.29. The second-order valence-electron chi connectivity index (χ2n) is 7.07. The summed E-state index contributed by atoms with van der Waals surface area (Å²) in [7, 11) is 0. The van der Waals surface area contributed by atoms with Gasteiger partial charge in [-0.3, -0.25) is 4.79 Å². The first-order chi connectivity index (χ1) is 14.7. The van der Waals surface area contributed by atoms with Crippen molar-refractivity contribution in [1.29, 1.82) is 0 Å². The molecule has 156 valence electrons. The molecule has 0 aliphatic rings. The number of carbonyl (C=O) groups excluding carboxylic acids is 1. The van der Waals surface area contributed by atoms with Gasteiger partial charge in [0.2, 0.25) is 0 Å². The Morgan fingerprint density at radius 1 is 0.867 bits per heavy atom. The molecule has 0 spiro atoms. The van der Waals surface area contributed by atoms with Crippen LogP contribution >= 0.6 is 15.9 Å². The van der Waals surface area contributed by atoms with Crippen LogP contribution in [-0.2, 0) is 0 Å². The molecule has 0 fully saturated rings. The molecule has 2 N–H and O–H groups in total.